The predicted octanol–water partition coefficient (Wildman–Crippen LogP) is 1.62. The highest BCUT2D eigenvalue weighted by molar-refractivity contribution is 5.52. The number of methoxy groups -OCH3 is 2. The van der Waals surface area contributed by atoms with Gasteiger partial charge in [0.2, 0.25) is 0 Å². The molecular formula is C15H18N2O3. The molecular weight excluding hydrogens is 256 g/mol. The molecule has 0 saturated heterocycles. The lowest BCUT2D eigenvalue weighted by atomic mass is 10.2. The Morgan fingerprint density at radius 2 is 1.95 bits per heavy atom. The van der Waals surface area contributed by atoms with Gasteiger partial charge in [-0.2, -0.15) is 0 Å². The minimum absolute atomic E-state index is 0.0475. The summed E-state index contributed by atoms with van der Waals surface area (Å²) in [5.74, 6) is 1.38. The van der Waals surface area contributed by atoms with Crippen LogP contribution in [0.1, 0.15) is 11.3 Å². The first-order chi connectivity index (χ1) is 9.60. The van der Waals surface area contributed by atoms with Gasteiger partial charge in [-0.3, -0.25) is 4.79 Å². The minimum Gasteiger partial charge on any atom is -0.497 e. The van der Waals surface area contributed by atoms with Gasteiger partial charge in [-0.25, -0.2) is 0 Å². The van der Waals surface area contributed by atoms with E-state index in [1.54, 1.807) is 32.5 Å². The average Bonchev–Trinajstić information content (AvgIpc) is 2.47. The van der Waals surface area contributed by atoms with Gasteiger partial charge in [0.25, 0.3) is 0 Å². The van der Waals surface area contributed by atoms with E-state index < -0.39 is 0 Å². The number of aromatic nitrogens is 1. The third-order valence-corrected chi connectivity index (χ3v) is 3.19. The topological polar surface area (TPSA) is 66.5 Å². The fraction of sp³-hybridized carbons (Fsp3) is 0.267. The number of hydrogen-bond donors (Lipinski definition) is 1. The van der Waals surface area contributed by atoms with Crippen molar-refractivity contribution in [1.29, 1.82) is 0 Å². The van der Waals surface area contributed by atoms with Crippen molar-refractivity contribution in [1.82, 2.24) is 4.57 Å². The van der Waals surface area contributed by atoms with E-state index in [2.05, 4.69) is 0 Å². The molecule has 0 aliphatic heterocycles. The maximum atomic E-state index is 11.8. The molecule has 1 heterocycles. The molecule has 2 aromatic rings. The fourth-order valence-electron chi connectivity index (χ4n) is 2.07. The second-order valence-electron chi connectivity index (χ2n) is 4.42. The van der Waals surface area contributed by atoms with Gasteiger partial charge >= 0.3 is 0 Å². The molecule has 0 saturated carbocycles. The van der Waals surface area contributed by atoms with Crippen molar-refractivity contribution >= 4 is 0 Å². The zero-order valence-corrected chi connectivity index (χ0v) is 11.8. The summed E-state index contributed by atoms with van der Waals surface area (Å²) in [6.07, 6.45) is 1.75. The molecule has 0 radical (unpaired) electrons. The van der Waals surface area contributed by atoms with Gasteiger partial charge in [0.05, 0.1) is 19.9 Å². The lowest BCUT2D eigenvalue weighted by molar-refractivity contribution is 0.393. The summed E-state index contributed by atoms with van der Waals surface area (Å²) in [7, 11) is 3.20. The molecule has 0 unspecified atom stereocenters. The van der Waals surface area contributed by atoms with E-state index in [-0.39, 0.29) is 12.0 Å². The van der Waals surface area contributed by atoms with Crippen molar-refractivity contribution < 1.29 is 9.47 Å². The molecule has 5 heteroatoms. The standard InChI is InChI=1S/C15H18N2O3/c1-10-6-14(18)11(8-16)9-17(10)13-5-4-12(19-2)7-15(13)20-3/h4-7,9H,8,16H2,1-3H3. The third kappa shape index (κ3) is 2.53. The van der Waals surface area contributed by atoms with E-state index in [9.17, 15) is 4.79 Å². The fourth-order valence-corrected chi connectivity index (χ4v) is 2.07. The van der Waals surface area contributed by atoms with E-state index in [4.69, 9.17) is 15.2 Å². The number of ether oxygens (including phenoxy) is 2. The van der Waals surface area contributed by atoms with Gasteiger partial charge < -0.3 is 19.8 Å². The highest BCUT2D eigenvalue weighted by Crippen LogP contribution is 2.28. The van der Waals surface area contributed by atoms with Crippen molar-refractivity contribution in [3.8, 4) is 17.2 Å². The molecule has 0 atom stereocenters. The molecule has 1 aromatic heterocycles. The van der Waals surface area contributed by atoms with Crippen LogP contribution in [0.15, 0.2) is 35.3 Å². The van der Waals surface area contributed by atoms with Crippen molar-refractivity contribution in [3.05, 3.63) is 51.9 Å². The number of hydrogen-bond acceptors (Lipinski definition) is 4. The molecule has 2 rings (SSSR count). The second-order valence-corrected chi connectivity index (χ2v) is 4.42. The maximum Gasteiger partial charge on any atom is 0.186 e. The highest BCUT2D eigenvalue weighted by atomic mass is 16.5. The first kappa shape index (κ1) is 14.1. The Hall–Kier alpha value is -2.27. The van der Waals surface area contributed by atoms with Crippen LogP contribution in [-0.2, 0) is 6.54 Å². The predicted molar refractivity (Wildman–Crippen MR) is 77.8 cm³/mol. The van der Waals surface area contributed by atoms with Crippen LogP contribution in [0.25, 0.3) is 5.69 Å². The molecule has 0 fully saturated rings. The Bertz CT molecular complexity index is 677. The minimum atomic E-state index is -0.0475. The average molecular weight is 274 g/mol. The first-order valence-corrected chi connectivity index (χ1v) is 6.25. The van der Waals surface area contributed by atoms with Gasteiger partial charge in [0, 0.05) is 36.1 Å². The monoisotopic (exact) mass is 274 g/mol. The Balaban J connectivity index is 2.64. The van der Waals surface area contributed by atoms with Crippen LogP contribution in [-0.4, -0.2) is 18.8 Å². The zero-order valence-electron chi connectivity index (χ0n) is 11.8. The van der Waals surface area contributed by atoms with Gasteiger partial charge in [0.1, 0.15) is 11.5 Å². The molecule has 1 aromatic carbocycles. The smallest absolute Gasteiger partial charge is 0.186 e. The Morgan fingerprint density at radius 3 is 2.55 bits per heavy atom. The first-order valence-electron chi connectivity index (χ1n) is 6.25. The quantitative estimate of drug-likeness (QED) is 0.920. The Morgan fingerprint density at radius 1 is 1.20 bits per heavy atom. The zero-order chi connectivity index (χ0) is 14.7. The summed E-state index contributed by atoms with van der Waals surface area (Å²) < 4.78 is 12.5. The van der Waals surface area contributed by atoms with Crippen LogP contribution < -0.4 is 20.6 Å². The van der Waals surface area contributed by atoms with Crippen LogP contribution >= 0.6 is 0 Å². The van der Waals surface area contributed by atoms with Crippen molar-refractivity contribution in [2.24, 2.45) is 5.73 Å². The SMILES string of the molecule is COc1ccc(-n2cc(CN)c(=O)cc2C)c(OC)c1. The van der Waals surface area contributed by atoms with E-state index in [1.807, 2.05) is 23.6 Å². The second kappa shape index (κ2) is 5.79. The highest BCUT2D eigenvalue weighted by Gasteiger charge is 2.10. The largest absolute Gasteiger partial charge is 0.497 e. The summed E-state index contributed by atoms with van der Waals surface area (Å²) >= 11 is 0. The van der Waals surface area contributed by atoms with Crippen LogP contribution in [0.3, 0.4) is 0 Å². The number of benzene rings is 1. The Kier molecular flexibility index (Phi) is 4.10. The number of pyridine rings is 1. The van der Waals surface area contributed by atoms with E-state index in [1.165, 1.54) is 0 Å². The molecule has 5 nitrogen and oxygen atoms in total. The molecule has 0 spiro atoms. The molecule has 2 N–H and O–H groups in total. The molecule has 0 amide bonds. The number of nitrogens with two attached hydrogens (primary N) is 1. The summed E-state index contributed by atoms with van der Waals surface area (Å²) in [5.41, 5.74) is 7.76. The summed E-state index contributed by atoms with van der Waals surface area (Å²) in [4.78, 5) is 11.8. The maximum absolute atomic E-state index is 11.8. The van der Waals surface area contributed by atoms with E-state index in [0.717, 1.165) is 11.4 Å². The van der Waals surface area contributed by atoms with Gasteiger partial charge in [-0.1, -0.05) is 0 Å². The normalized spacial score (nSPS) is 10.4. The van der Waals surface area contributed by atoms with E-state index >= 15 is 0 Å². The van der Waals surface area contributed by atoms with Crippen LogP contribution in [0.5, 0.6) is 11.5 Å². The van der Waals surface area contributed by atoms with Crippen LogP contribution in [0.2, 0.25) is 0 Å². The summed E-state index contributed by atoms with van der Waals surface area (Å²) in [6, 6.07) is 7.10. The molecule has 106 valence electrons. The molecule has 20 heavy (non-hydrogen) atoms. The summed E-state index contributed by atoms with van der Waals surface area (Å²) in [6.45, 7) is 2.07. The number of rotatable bonds is 4. The third-order valence-electron chi connectivity index (χ3n) is 3.19. The van der Waals surface area contributed by atoms with Crippen molar-refractivity contribution in [2.45, 2.75) is 13.5 Å². The molecule has 0 bridgehead atoms. The Labute approximate surface area is 117 Å². The molecule has 0 aliphatic carbocycles. The van der Waals surface area contributed by atoms with E-state index in [0.29, 0.717) is 17.1 Å². The van der Waals surface area contributed by atoms with Crippen molar-refractivity contribution in [3.63, 3.8) is 0 Å². The lowest BCUT2D eigenvalue weighted by Gasteiger charge is -2.16. The molecule has 0 aliphatic rings. The van der Waals surface area contributed by atoms with Gasteiger partial charge in [-0.15, -0.1) is 0 Å². The summed E-state index contributed by atoms with van der Waals surface area (Å²) in [5, 5.41) is 0. The van der Waals surface area contributed by atoms with Crippen molar-refractivity contribution in [2.75, 3.05) is 14.2 Å². The van der Waals surface area contributed by atoms with Crippen LogP contribution in [0, 0.1) is 6.92 Å². The lowest BCUT2D eigenvalue weighted by Crippen LogP contribution is -2.17. The number of nitrogens with zero attached hydrogens (tertiary/aromatic N) is 1. The number of aryl methyl sites for hydroxylation is 1. The van der Waals surface area contributed by atoms with Gasteiger partial charge in [0.15, 0.2) is 5.43 Å². The van der Waals surface area contributed by atoms with Crippen LogP contribution in [0.4, 0.5) is 0 Å². The van der Waals surface area contributed by atoms with Gasteiger partial charge in [-0.05, 0) is 19.1 Å².